The third kappa shape index (κ3) is 4.19. The van der Waals surface area contributed by atoms with Crippen LogP contribution >= 0.6 is 0 Å². The normalized spacial score (nSPS) is 19.3. The molecule has 1 aliphatic carbocycles. The molecule has 2 aromatic heterocycles. The molecule has 4 N–H and O–H groups in total. The number of carbonyl (C=O) groups is 1. The zero-order valence-electron chi connectivity index (χ0n) is 15.9. The van der Waals surface area contributed by atoms with Gasteiger partial charge >= 0.3 is 0 Å². The van der Waals surface area contributed by atoms with E-state index >= 15 is 0 Å². The first-order valence-corrected chi connectivity index (χ1v) is 9.18. The quantitative estimate of drug-likeness (QED) is 0.702. The number of anilines is 3. The summed E-state index contributed by atoms with van der Waals surface area (Å²) in [5.41, 5.74) is 5.54. The fraction of sp³-hybridized carbons (Fsp3) is 0.421. The predicted molar refractivity (Wildman–Crippen MR) is 104 cm³/mol. The van der Waals surface area contributed by atoms with Crippen molar-refractivity contribution in [3.8, 4) is 0 Å². The minimum Gasteiger partial charge on any atom is -0.365 e. The van der Waals surface area contributed by atoms with Gasteiger partial charge in [0.2, 0.25) is 0 Å². The Bertz CT molecular complexity index is 862. The van der Waals surface area contributed by atoms with Crippen LogP contribution in [-0.4, -0.2) is 42.1 Å². The molecule has 2 atom stereocenters. The number of carbonyl (C=O) groups excluding carboxylic acids is 1. The topological polar surface area (TPSA) is 96.2 Å². The van der Waals surface area contributed by atoms with Crippen molar-refractivity contribution < 1.29 is 13.6 Å². The van der Waals surface area contributed by atoms with E-state index in [9.17, 15) is 13.6 Å². The summed E-state index contributed by atoms with van der Waals surface area (Å²) in [6.45, 7) is 0. The van der Waals surface area contributed by atoms with Crippen molar-refractivity contribution in [1.82, 2.24) is 15.3 Å². The van der Waals surface area contributed by atoms with Crippen LogP contribution in [0.4, 0.5) is 26.1 Å². The number of pyridine rings is 2. The van der Waals surface area contributed by atoms with Crippen LogP contribution < -0.4 is 21.3 Å². The third-order valence-corrected chi connectivity index (χ3v) is 5.12. The molecular formula is C19H24F2N6O. The smallest absolute Gasteiger partial charge is 0.252 e. The lowest BCUT2D eigenvalue weighted by atomic mass is 9.89. The number of hydrogen-bond donors (Lipinski definition) is 3. The molecule has 1 aliphatic rings. The van der Waals surface area contributed by atoms with Gasteiger partial charge in [-0.1, -0.05) is 12.8 Å². The van der Waals surface area contributed by atoms with Gasteiger partial charge in [0, 0.05) is 25.2 Å². The lowest BCUT2D eigenvalue weighted by Crippen LogP contribution is -2.50. The highest BCUT2D eigenvalue weighted by Gasteiger charge is 2.30. The van der Waals surface area contributed by atoms with Crippen LogP contribution in [0.3, 0.4) is 0 Å². The van der Waals surface area contributed by atoms with Gasteiger partial charge in [0.15, 0.2) is 11.6 Å². The Kier molecular flexibility index (Phi) is 6.03. The summed E-state index contributed by atoms with van der Waals surface area (Å²) in [7, 11) is 3.67. The second kappa shape index (κ2) is 8.47. The van der Waals surface area contributed by atoms with E-state index in [0.29, 0.717) is 0 Å². The number of nitrogens with two attached hydrogens (primary N) is 1. The van der Waals surface area contributed by atoms with Crippen molar-refractivity contribution in [2.45, 2.75) is 37.8 Å². The summed E-state index contributed by atoms with van der Waals surface area (Å²) in [6.07, 6.45) is 6.49. The summed E-state index contributed by atoms with van der Waals surface area (Å²) in [5.74, 6) is -1.87. The van der Waals surface area contributed by atoms with E-state index in [-0.39, 0.29) is 35.0 Å². The van der Waals surface area contributed by atoms with Crippen molar-refractivity contribution in [3.05, 3.63) is 41.7 Å². The third-order valence-electron chi connectivity index (χ3n) is 5.12. The number of hydrogen-bond acceptors (Lipinski definition) is 6. The van der Waals surface area contributed by atoms with Crippen LogP contribution in [0.5, 0.6) is 0 Å². The Balaban J connectivity index is 1.98. The molecule has 0 aromatic carbocycles. The summed E-state index contributed by atoms with van der Waals surface area (Å²) in [4.78, 5) is 21.6. The van der Waals surface area contributed by atoms with Crippen molar-refractivity contribution in [2.24, 2.45) is 5.73 Å². The first kappa shape index (κ1) is 19.9. The molecule has 0 aliphatic heterocycles. The molecular weight excluding hydrogens is 366 g/mol. The van der Waals surface area contributed by atoms with Gasteiger partial charge in [-0.25, -0.2) is 13.8 Å². The van der Waals surface area contributed by atoms with E-state index < -0.39 is 17.5 Å². The highest BCUT2D eigenvalue weighted by Crippen LogP contribution is 2.30. The summed E-state index contributed by atoms with van der Waals surface area (Å²) < 4.78 is 28.2. The summed E-state index contributed by atoms with van der Waals surface area (Å²) >= 11 is 0. The number of rotatable bonds is 6. The zero-order valence-corrected chi connectivity index (χ0v) is 15.9. The highest BCUT2D eigenvalue weighted by molar-refractivity contribution is 5.98. The maximum absolute atomic E-state index is 14.8. The monoisotopic (exact) mass is 390 g/mol. The second-order valence-corrected chi connectivity index (χ2v) is 6.93. The Morgan fingerprint density at radius 1 is 1.25 bits per heavy atom. The average Bonchev–Trinajstić information content (AvgIpc) is 2.68. The molecule has 0 saturated heterocycles. The van der Waals surface area contributed by atoms with Gasteiger partial charge < -0.3 is 21.3 Å². The first-order chi connectivity index (χ1) is 13.4. The predicted octanol–water partition coefficient (Wildman–Crippen LogP) is 2.56. The Morgan fingerprint density at radius 2 is 2.00 bits per heavy atom. The molecule has 7 nitrogen and oxygen atoms in total. The minimum absolute atomic E-state index is 0.0555. The standard InChI is InChI=1S/C19H24F2N6O/c1-23-15-5-3-4-6-16(15)27(2)19-14(21)8-13(17(22)28)18(26-19)25-12-7-11(20)9-24-10-12/h7-10,15-16,23H,3-6H2,1-2H3,(H2,22,28)(H,25,26). The van der Waals surface area contributed by atoms with E-state index in [2.05, 4.69) is 20.6 Å². The molecule has 1 amide bonds. The number of nitrogens with one attached hydrogen (secondary N) is 2. The Hall–Kier alpha value is -2.81. The molecule has 2 aromatic rings. The highest BCUT2D eigenvalue weighted by atomic mass is 19.1. The van der Waals surface area contributed by atoms with Gasteiger partial charge in [-0.05, 0) is 26.0 Å². The Labute approximate surface area is 162 Å². The second-order valence-electron chi connectivity index (χ2n) is 6.93. The average molecular weight is 390 g/mol. The molecule has 0 radical (unpaired) electrons. The molecule has 9 heteroatoms. The molecule has 1 fully saturated rings. The summed E-state index contributed by atoms with van der Waals surface area (Å²) in [5, 5.41) is 6.10. The van der Waals surface area contributed by atoms with Crippen LogP contribution in [0, 0.1) is 11.6 Å². The van der Waals surface area contributed by atoms with Crippen molar-refractivity contribution >= 4 is 23.2 Å². The van der Waals surface area contributed by atoms with Crippen molar-refractivity contribution in [2.75, 3.05) is 24.3 Å². The van der Waals surface area contributed by atoms with Gasteiger partial charge in [0.05, 0.1) is 23.6 Å². The molecule has 2 heterocycles. The maximum Gasteiger partial charge on any atom is 0.252 e. The van der Waals surface area contributed by atoms with Crippen LogP contribution in [0.25, 0.3) is 0 Å². The lowest BCUT2D eigenvalue weighted by molar-refractivity contribution is 0.100. The molecule has 150 valence electrons. The van der Waals surface area contributed by atoms with E-state index in [1.807, 2.05) is 7.05 Å². The fourth-order valence-electron chi connectivity index (χ4n) is 3.70. The van der Waals surface area contributed by atoms with Crippen LogP contribution in [0.15, 0.2) is 24.5 Å². The lowest BCUT2D eigenvalue weighted by Gasteiger charge is -2.38. The first-order valence-electron chi connectivity index (χ1n) is 9.18. The van der Waals surface area contributed by atoms with E-state index in [1.54, 1.807) is 11.9 Å². The van der Waals surface area contributed by atoms with Crippen LogP contribution in [-0.2, 0) is 0 Å². The van der Waals surface area contributed by atoms with Crippen LogP contribution in [0.2, 0.25) is 0 Å². The number of nitrogens with zero attached hydrogens (tertiary/aromatic N) is 3. The van der Waals surface area contributed by atoms with Gasteiger partial charge in [-0.2, -0.15) is 0 Å². The number of aromatic nitrogens is 2. The number of amides is 1. The SMILES string of the molecule is CNC1CCCCC1N(C)c1nc(Nc2cncc(F)c2)c(C(N)=O)cc1F. The molecule has 2 unspecified atom stereocenters. The van der Waals surface area contributed by atoms with Gasteiger partial charge in [-0.3, -0.25) is 9.78 Å². The van der Waals surface area contributed by atoms with Crippen LogP contribution in [0.1, 0.15) is 36.0 Å². The van der Waals surface area contributed by atoms with Gasteiger partial charge in [0.1, 0.15) is 11.6 Å². The zero-order chi connectivity index (χ0) is 20.3. The molecule has 0 spiro atoms. The largest absolute Gasteiger partial charge is 0.365 e. The number of likely N-dealkylation sites (N-methyl/N-ethyl adjacent to an activating group) is 2. The molecule has 3 rings (SSSR count). The fourth-order valence-corrected chi connectivity index (χ4v) is 3.70. The number of halogens is 2. The number of primary amides is 1. The molecule has 28 heavy (non-hydrogen) atoms. The summed E-state index contributed by atoms with van der Waals surface area (Å²) in [6, 6.07) is 2.53. The van der Waals surface area contributed by atoms with Crippen molar-refractivity contribution in [3.63, 3.8) is 0 Å². The van der Waals surface area contributed by atoms with Gasteiger partial charge in [-0.15, -0.1) is 0 Å². The van der Waals surface area contributed by atoms with E-state index in [0.717, 1.165) is 37.9 Å². The van der Waals surface area contributed by atoms with Gasteiger partial charge in [0.25, 0.3) is 5.91 Å². The maximum atomic E-state index is 14.8. The molecule has 1 saturated carbocycles. The molecule has 0 bridgehead atoms. The van der Waals surface area contributed by atoms with E-state index in [1.165, 1.54) is 12.3 Å². The Morgan fingerprint density at radius 3 is 2.68 bits per heavy atom. The van der Waals surface area contributed by atoms with E-state index in [4.69, 9.17) is 5.73 Å². The minimum atomic E-state index is -0.835. The van der Waals surface area contributed by atoms with Crippen molar-refractivity contribution in [1.29, 1.82) is 0 Å².